The second-order valence-electron chi connectivity index (χ2n) is 12.0. The van der Waals surface area contributed by atoms with Gasteiger partial charge in [0.25, 0.3) is 0 Å². The minimum atomic E-state index is -1.13. The summed E-state index contributed by atoms with van der Waals surface area (Å²) in [7, 11) is 0. The number of piperazine rings is 1. The lowest BCUT2D eigenvalue weighted by Gasteiger charge is -2.46. The summed E-state index contributed by atoms with van der Waals surface area (Å²) in [5, 5.41) is 14.4. The lowest BCUT2D eigenvalue weighted by atomic mass is 9.92. The Hall–Kier alpha value is -3.94. The van der Waals surface area contributed by atoms with Crippen molar-refractivity contribution in [1.29, 1.82) is 0 Å². The number of phenolic OH excluding ortho intramolecular Hbond substituents is 1. The van der Waals surface area contributed by atoms with Crippen LogP contribution in [0.2, 0.25) is 0 Å². The number of anilines is 1. The summed E-state index contributed by atoms with van der Waals surface area (Å²) in [6, 6.07) is 5.34. The molecular formula is C32H29F3N6O. The molecule has 5 saturated heterocycles. The Balaban J connectivity index is 1.34. The van der Waals surface area contributed by atoms with E-state index < -0.39 is 17.5 Å². The number of aromatic hydroxyl groups is 1. The molecule has 2 aromatic carbocycles. The average molecular weight is 571 g/mol. The van der Waals surface area contributed by atoms with E-state index in [1.54, 1.807) is 0 Å². The number of hydrogen-bond acceptors (Lipinski definition) is 7. The third-order valence-corrected chi connectivity index (χ3v) is 9.58. The fourth-order valence-electron chi connectivity index (χ4n) is 7.52. The molecule has 0 amide bonds. The van der Waals surface area contributed by atoms with Crippen LogP contribution < -0.4 is 10.2 Å². The summed E-state index contributed by atoms with van der Waals surface area (Å²) in [6.45, 7) is 3.60. The van der Waals surface area contributed by atoms with Crippen LogP contribution in [0, 0.1) is 29.3 Å². The molecule has 5 fully saturated rings. The molecule has 214 valence electrons. The molecule has 0 saturated carbocycles. The van der Waals surface area contributed by atoms with E-state index in [1.165, 1.54) is 24.4 Å². The van der Waals surface area contributed by atoms with Gasteiger partial charge in [-0.3, -0.25) is 9.88 Å². The van der Waals surface area contributed by atoms with Crippen molar-refractivity contribution in [3.8, 4) is 28.8 Å². The van der Waals surface area contributed by atoms with Gasteiger partial charge in [0, 0.05) is 42.3 Å². The maximum absolute atomic E-state index is 16.6. The van der Waals surface area contributed by atoms with E-state index in [0.717, 1.165) is 70.8 Å². The Morgan fingerprint density at radius 2 is 1.86 bits per heavy atom. The summed E-state index contributed by atoms with van der Waals surface area (Å²) in [5.41, 5.74) is -0.447. The van der Waals surface area contributed by atoms with Crippen molar-refractivity contribution in [3.63, 3.8) is 0 Å². The minimum Gasteiger partial charge on any atom is -0.508 e. The van der Waals surface area contributed by atoms with Crippen molar-refractivity contribution < 1.29 is 18.3 Å². The summed E-state index contributed by atoms with van der Waals surface area (Å²) in [4.78, 5) is 18.5. The number of piperidine rings is 2. The normalized spacial score (nSPS) is 23.0. The molecule has 2 aromatic heterocycles. The smallest absolute Gasteiger partial charge is 0.207 e. The third kappa shape index (κ3) is 3.94. The molecule has 0 radical (unpaired) electrons. The zero-order chi connectivity index (χ0) is 28.6. The maximum Gasteiger partial charge on any atom is 0.207 e. The van der Waals surface area contributed by atoms with E-state index in [9.17, 15) is 9.50 Å². The van der Waals surface area contributed by atoms with E-state index in [2.05, 4.69) is 36.9 Å². The summed E-state index contributed by atoms with van der Waals surface area (Å²) >= 11 is 0. The highest BCUT2D eigenvalue weighted by Gasteiger charge is 2.43. The van der Waals surface area contributed by atoms with Gasteiger partial charge in [0.05, 0.1) is 10.9 Å². The van der Waals surface area contributed by atoms with Gasteiger partial charge in [-0.1, -0.05) is 12.0 Å². The molecule has 5 aliphatic rings. The van der Waals surface area contributed by atoms with Crippen LogP contribution in [0.15, 0.2) is 30.5 Å². The SMILES string of the molecule is Oc1cc(-c2ncc3c(N4C[C@H]5CC[C@@H]4CN5)nc(C#CC45CCCN4CCC5)nc3c2F)c2c(F)c(F)ccc2c1. The summed E-state index contributed by atoms with van der Waals surface area (Å²) in [6.07, 6.45) is 7.75. The fourth-order valence-corrected chi connectivity index (χ4v) is 7.52. The number of fused-ring (bicyclic) bond motifs is 6. The number of benzene rings is 2. The van der Waals surface area contributed by atoms with Gasteiger partial charge in [0.2, 0.25) is 5.82 Å². The molecule has 7 heterocycles. The van der Waals surface area contributed by atoms with Crippen molar-refractivity contribution in [1.82, 2.24) is 25.2 Å². The highest BCUT2D eigenvalue weighted by molar-refractivity contribution is 6.00. The first-order valence-corrected chi connectivity index (χ1v) is 14.7. The second kappa shape index (κ2) is 9.54. The first kappa shape index (κ1) is 25.7. The zero-order valence-electron chi connectivity index (χ0n) is 22.9. The molecule has 4 aromatic rings. The first-order chi connectivity index (χ1) is 20.4. The van der Waals surface area contributed by atoms with E-state index in [-0.39, 0.29) is 50.7 Å². The van der Waals surface area contributed by atoms with E-state index in [4.69, 9.17) is 4.98 Å². The Morgan fingerprint density at radius 1 is 1.02 bits per heavy atom. The van der Waals surface area contributed by atoms with Crippen LogP contribution in [-0.2, 0) is 0 Å². The van der Waals surface area contributed by atoms with E-state index in [1.807, 2.05) is 0 Å². The van der Waals surface area contributed by atoms with Crippen molar-refractivity contribution in [2.45, 2.75) is 56.1 Å². The molecule has 5 aliphatic heterocycles. The highest BCUT2D eigenvalue weighted by Crippen LogP contribution is 2.40. The predicted molar refractivity (Wildman–Crippen MR) is 154 cm³/mol. The average Bonchev–Trinajstić information content (AvgIpc) is 3.59. The van der Waals surface area contributed by atoms with Crippen LogP contribution in [0.5, 0.6) is 5.75 Å². The molecule has 2 bridgehead atoms. The van der Waals surface area contributed by atoms with Crippen molar-refractivity contribution in [2.24, 2.45) is 0 Å². The van der Waals surface area contributed by atoms with Gasteiger partial charge in [0.15, 0.2) is 17.5 Å². The van der Waals surface area contributed by atoms with Gasteiger partial charge in [0.1, 0.15) is 22.8 Å². The number of rotatable bonds is 2. The second-order valence-corrected chi connectivity index (χ2v) is 12.0. The van der Waals surface area contributed by atoms with Crippen LogP contribution in [0.1, 0.15) is 44.3 Å². The summed E-state index contributed by atoms with van der Waals surface area (Å²) in [5.74, 6) is 4.29. The standard InChI is InChI=1S/C32H29F3N6O/c33-24-6-3-18-13-21(42)14-22(26(18)27(24)34)29-28(35)30-23(16-37-29)31(41-17-19-4-5-20(41)15-36-19)39-25(38-30)7-10-32-8-1-11-40(32)12-2-9-32/h3,6,13-14,16,19-20,36,42H,1-2,4-5,8-9,11-12,15,17H2/t19-,20-/m1/s1. The molecule has 9 rings (SSSR count). The first-order valence-electron chi connectivity index (χ1n) is 14.7. The van der Waals surface area contributed by atoms with Gasteiger partial charge < -0.3 is 15.3 Å². The van der Waals surface area contributed by atoms with Gasteiger partial charge in [-0.15, -0.1) is 0 Å². The lowest BCUT2D eigenvalue weighted by Crippen LogP contribution is -2.61. The lowest BCUT2D eigenvalue weighted by molar-refractivity contribution is 0.261. The number of halogens is 3. The molecule has 42 heavy (non-hydrogen) atoms. The number of aromatic nitrogens is 3. The Morgan fingerprint density at radius 3 is 2.60 bits per heavy atom. The quantitative estimate of drug-likeness (QED) is 0.333. The Bertz CT molecular complexity index is 1820. The third-order valence-electron chi connectivity index (χ3n) is 9.58. The Labute approximate surface area is 240 Å². The number of nitrogens with zero attached hydrogens (tertiary/aromatic N) is 5. The van der Waals surface area contributed by atoms with Gasteiger partial charge in [-0.25, -0.2) is 23.1 Å². The monoisotopic (exact) mass is 570 g/mol. The predicted octanol–water partition coefficient (Wildman–Crippen LogP) is 4.89. The molecule has 0 unspecified atom stereocenters. The van der Waals surface area contributed by atoms with E-state index >= 15 is 8.78 Å². The van der Waals surface area contributed by atoms with Gasteiger partial charge in [-0.05, 0) is 81.1 Å². The van der Waals surface area contributed by atoms with Crippen molar-refractivity contribution in [2.75, 3.05) is 31.1 Å². The Kier molecular flexibility index (Phi) is 5.85. The maximum atomic E-state index is 16.6. The van der Waals surface area contributed by atoms with Crippen LogP contribution in [0.25, 0.3) is 32.9 Å². The van der Waals surface area contributed by atoms with Crippen LogP contribution >= 0.6 is 0 Å². The molecular weight excluding hydrogens is 541 g/mol. The van der Waals surface area contributed by atoms with E-state index in [0.29, 0.717) is 17.2 Å². The molecule has 2 N–H and O–H groups in total. The molecule has 2 atom stereocenters. The number of phenols is 1. The highest BCUT2D eigenvalue weighted by atomic mass is 19.2. The van der Waals surface area contributed by atoms with Gasteiger partial charge >= 0.3 is 0 Å². The molecule has 10 heteroatoms. The topological polar surface area (TPSA) is 77.4 Å². The van der Waals surface area contributed by atoms with Crippen LogP contribution in [-0.4, -0.2) is 68.8 Å². The van der Waals surface area contributed by atoms with Crippen molar-refractivity contribution in [3.05, 3.63) is 53.7 Å². The molecule has 7 nitrogen and oxygen atoms in total. The van der Waals surface area contributed by atoms with Crippen molar-refractivity contribution >= 4 is 27.5 Å². The van der Waals surface area contributed by atoms with Gasteiger partial charge in [-0.2, -0.15) is 0 Å². The number of nitrogens with one attached hydrogen (secondary N) is 1. The molecule has 0 aliphatic carbocycles. The fraction of sp³-hybridized carbons (Fsp3) is 0.406. The zero-order valence-corrected chi connectivity index (χ0v) is 22.9. The minimum absolute atomic E-state index is 0.0178. The van der Waals surface area contributed by atoms with Crippen LogP contribution in [0.3, 0.4) is 0 Å². The number of pyridine rings is 1. The van der Waals surface area contributed by atoms with Crippen LogP contribution in [0.4, 0.5) is 19.0 Å². The number of hydrogen-bond donors (Lipinski definition) is 2. The largest absolute Gasteiger partial charge is 0.508 e. The summed E-state index contributed by atoms with van der Waals surface area (Å²) < 4.78 is 45.9. The molecule has 0 spiro atoms.